The second-order valence-electron chi connectivity index (χ2n) is 11.2. The number of hydrogen-bond acceptors (Lipinski definition) is 0. The molecule has 4 aliphatic carbocycles. The van der Waals surface area contributed by atoms with Crippen molar-refractivity contribution in [3.05, 3.63) is 0 Å². The lowest BCUT2D eigenvalue weighted by molar-refractivity contribution is -0.112. The van der Waals surface area contributed by atoms with Gasteiger partial charge in [-0.2, -0.15) is 0 Å². The molecule has 0 aromatic heterocycles. The van der Waals surface area contributed by atoms with Gasteiger partial charge in [0.2, 0.25) is 0 Å². The summed E-state index contributed by atoms with van der Waals surface area (Å²) in [5.41, 5.74) is 1.48. The third-order valence-corrected chi connectivity index (χ3v) is 10.2. The summed E-state index contributed by atoms with van der Waals surface area (Å²) in [7, 11) is 0. The molecule has 0 amide bonds. The van der Waals surface area contributed by atoms with E-state index in [1.807, 2.05) is 0 Å². The third-order valence-electron chi connectivity index (χ3n) is 10.2. The van der Waals surface area contributed by atoms with Gasteiger partial charge in [-0.15, -0.1) is 0 Å². The van der Waals surface area contributed by atoms with Crippen LogP contribution in [-0.4, -0.2) is 0 Å². The molecule has 0 nitrogen and oxygen atoms in total. The van der Waals surface area contributed by atoms with Crippen LogP contribution in [0.25, 0.3) is 0 Å². The summed E-state index contributed by atoms with van der Waals surface area (Å²) >= 11 is 0. The van der Waals surface area contributed by atoms with Crippen molar-refractivity contribution in [1.29, 1.82) is 0 Å². The maximum absolute atomic E-state index is 2.61. The Bertz CT molecular complexity index is 385. The fourth-order valence-corrected chi connectivity index (χ4v) is 9.24. The molecule has 4 aliphatic rings. The topological polar surface area (TPSA) is 0 Å². The summed E-state index contributed by atoms with van der Waals surface area (Å²) in [6, 6.07) is 0. The minimum Gasteiger partial charge on any atom is -0.0651 e. The van der Waals surface area contributed by atoms with Crippen LogP contribution in [0.15, 0.2) is 0 Å². The first-order valence-corrected chi connectivity index (χ1v) is 13.3. The van der Waals surface area contributed by atoms with Gasteiger partial charge in [-0.05, 0) is 80.0 Å². The van der Waals surface area contributed by atoms with Gasteiger partial charge in [-0.3, -0.25) is 0 Å². The summed E-state index contributed by atoms with van der Waals surface area (Å²) in [4.78, 5) is 0. The van der Waals surface area contributed by atoms with E-state index >= 15 is 0 Å². The minimum absolute atomic E-state index is 0.738. The Morgan fingerprint density at radius 2 is 0.852 bits per heavy atom. The van der Waals surface area contributed by atoms with E-state index in [0.29, 0.717) is 0 Å². The molecule has 0 heterocycles. The number of hydrogen-bond donors (Lipinski definition) is 0. The van der Waals surface area contributed by atoms with Gasteiger partial charge < -0.3 is 0 Å². The molecule has 0 unspecified atom stereocenters. The second-order valence-corrected chi connectivity index (χ2v) is 11.2. The van der Waals surface area contributed by atoms with Crippen LogP contribution >= 0.6 is 0 Å². The lowest BCUT2D eigenvalue weighted by Crippen LogP contribution is -2.52. The van der Waals surface area contributed by atoms with Gasteiger partial charge in [-0.25, -0.2) is 0 Å². The second kappa shape index (κ2) is 9.21. The predicted octanol–water partition coefficient (Wildman–Crippen LogP) is 9.07. The van der Waals surface area contributed by atoms with Crippen LogP contribution in [0.1, 0.15) is 142 Å². The third kappa shape index (κ3) is 3.90. The predicted molar refractivity (Wildman–Crippen MR) is 118 cm³/mol. The standard InChI is InChI=1S/C27H48/c1-2-25(26(19-11-5-12-20-26)23-15-7-3-8-16-23)27(21-13-6-14-22-27)24-17-9-4-10-18-24/h23-25H,2-22H2,1H3. The maximum Gasteiger partial charge on any atom is -0.0236 e. The van der Waals surface area contributed by atoms with Gasteiger partial charge in [0.25, 0.3) is 0 Å². The van der Waals surface area contributed by atoms with E-state index in [4.69, 9.17) is 0 Å². The molecule has 0 spiro atoms. The van der Waals surface area contributed by atoms with E-state index < -0.39 is 0 Å². The molecule has 0 bridgehead atoms. The van der Waals surface area contributed by atoms with E-state index in [2.05, 4.69) is 6.92 Å². The van der Waals surface area contributed by atoms with Crippen molar-refractivity contribution in [2.24, 2.45) is 28.6 Å². The zero-order chi connectivity index (χ0) is 18.6. The molecule has 0 saturated heterocycles. The maximum atomic E-state index is 2.61. The first kappa shape index (κ1) is 20.3. The Balaban J connectivity index is 1.69. The molecule has 4 fully saturated rings. The summed E-state index contributed by atoms with van der Waals surface area (Å²) in [6.45, 7) is 2.61. The highest BCUT2D eigenvalue weighted by molar-refractivity contribution is 5.05. The van der Waals surface area contributed by atoms with Crippen LogP contribution in [0.2, 0.25) is 0 Å². The Morgan fingerprint density at radius 1 is 0.519 bits per heavy atom. The molecule has 0 N–H and O–H groups in total. The lowest BCUT2D eigenvalue weighted by Gasteiger charge is -2.61. The zero-order valence-electron chi connectivity index (χ0n) is 18.6. The van der Waals surface area contributed by atoms with Crippen molar-refractivity contribution in [2.75, 3.05) is 0 Å². The van der Waals surface area contributed by atoms with Gasteiger partial charge in [0.05, 0.1) is 0 Å². The molecular formula is C27H48. The van der Waals surface area contributed by atoms with Gasteiger partial charge in [0.1, 0.15) is 0 Å². The van der Waals surface area contributed by atoms with Gasteiger partial charge in [-0.1, -0.05) is 90.4 Å². The first-order chi connectivity index (χ1) is 13.3. The fraction of sp³-hybridized carbons (Fsp3) is 1.00. The monoisotopic (exact) mass is 372 g/mol. The molecular weight excluding hydrogens is 324 g/mol. The Labute approximate surface area is 170 Å². The van der Waals surface area contributed by atoms with Crippen molar-refractivity contribution in [1.82, 2.24) is 0 Å². The van der Waals surface area contributed by atoms with Gasteiger partial charge >= 0.3 is 0 Å². The van der Waals surface area contributed by atoms with Crippen molar-refractivity contribution >= 4 is 0 Å². The van der Waals surface area contributed by atoms with Crippen molar-refractivity contribution in [2.45, 2.75) is 142 Å². The van der Waals surface area contributed by atoms with E-state index in [0.717, 1.165) is 28.6 Å². The zero-order valence-corrected chi connectivity index (χ0v) is 18.6. The van der Waals surface area contributed by atoms with Crippen LogP contribution in [0.5, 0.6) is 0 Å². The summed E-state index contributed by atoms with van der Waals surface area (Å²) in [5.74, 6) is 3.22. The molecule has 0 radical (unpaired) electrons. The van der Waals surface area contributed by atoms with Crippen LogP contribution in [-0.2, 0) is 0 Å². The highest BCUT2D eigenvalue weighted by Crippen LogP contribution is 2.64. The molecule has 0 aromatic rings. The lowest BCUT2D eigenvalue weighted by atomic mass is 9.44. The Kier molecular flexibility index (Phi) is 6.92. The van der Waals surface area contributed by atoms with Gasteiger partial charge in [0.15, 0.2) is 0 Å². The molecule has 0 aromatic carbocycles. The summed E-state index contributed by atoms with van der Waals surface area (Å²) in [6.07, 6.45) is 32.7. The molecule has 0 heteroatoms. The van der Waals surface area contributed by atoms with Crippen molar-refractivity contribution < 1.29 is 0 Å². The molecule has 0 aliphatic heterocycles. The van der Waals surface area contributed by atoms with Crippen LogP contribution in [0, 0.1) is 28.6 Å². The fourth-order valence-electron chi connectivity index (χ4n) is 9.24. The van der Waals surface area contributed by atoms with Crippen LogP contribution < -0.4 is 0 Å². The molecule has 4 saturated carbocycles. The van der Waals surface area contributed by atoms with Crippen molar-refractivity contribution in [3.8, 4) is 0 Å². The van der Waals surface area contributed by atoms with Gasteiger partial charge in [0, 0.05) is 0 Å². The highest BCUT2D eigenvalue weighted by Gasteiger charge is 2.55. The Morgan fingerprint density at radius 3 is 1.19 bits per heavy atom. The largest absolute Gasteiger partial charge is 0.0651 e. The van der Waals surface area contributed by atoms with Crippen molar-refractivity contribution in [3.63, 3.8) is 0 Å². The van der Waals surface area contributed by atoms with E-state index in [1.54, 1.807) is 103 Å². The average Bonchev–Trinajstić information content (AvgIpc) is 2.77. The van der Waals surface area contributed by atoms with Crippen LogP contribution in [0.3, 0.4) is 0 Å². The van der Waals surface area contributed by atoms with E-state index in [1.165, 1.54) is 32.1 Å². The number of rotatable bonds is 5. The highest BCUT2D eigenvalue weighted by atomic mass is 14.6. The first-order valence-electron chi connectivity index (χ1n) is 13.3. The smallest absolute Gasteiger partial charge is 0.0236 e. The average molecular weight is 373 g/mol. The summed E-state index contributed by atoms with van der Waals surface area (Å²) in [5, 5.41) is 0. The quantitative estimate of drug-likeness (QED) is 0.451. The summed E-state index contributed by atoms with van der Waals surface area (Å²) < 4.78 is 0. The SMILES string of the molecule is CCC(C1(C2CCCCC2)CCCCC1)C1(C2CCCCC2)CCCCC1. The Hall–Kier alpha value is 0. The molecule has 27 heavy (non-hydrogen) atoms. The molecule has 0 atom stereocenters. The van der Waals surface area contributed by atoms with E-state index in [-0.39, 0.29) is 0 Å². The molecule has 156 valence electrons. The normalized spacial score (nSPS) is 30.4. The van der Waals surface area contributed by atoms with Crippen LogP contribution in [0.4, 0.5) is 0 Å². The van der Waals surface area contributed by atoms with E-state index in [9.17, 15) is 0 Å². The molecule has 4 rings (SSSR count). The minimum atomic E-state index is 0.738.